The van der Waals surface area contributed by atoms with Crippen molar-refractivity contribution in [1.82, 2.24) is 16.0 Å². The Kier molecular flexibility index (Phi) is 5.62. The van der Waals surface area contributed by atoms with Gasteiger partial charge in [0.25, 0.3) is 0 Å². The van der Waals surface area contributed by atoms with Gasteiger partial charge in [-0.2, -0.15) is 0 Å². The first kappa shape index (κ1) is 21.8. The maximum atomic E-state index is 14.6. The quantitative estimate of drug-likeness (QED) is 0.633. The molecule has 0 aromatic heterocycles. The second-order valence-electron chi connectivity index (χ2n) is 8.13. The van der Waals surface area contributed by atoms with E-state index < -0.39 is 41.1 Å². The van der Waals surface area contributed by atoms with Crippen LogP contribution in [-0.2, 0) is 10.3 Å². The second kappa shape index (κ2) is 8.25. The van der Waals surface area contributed by atoms with E-state index in [-0.39, 0.29) is 23.6 Å². The van der Waals surface area contributed by atoms with Crippen molar-refractivity contribution in [2.45, 2.75) is 37.3 Å². The molecule has 1 aliphatic carbocycles. The molecule has 3 amide bonds. The van der Waals surface area contributed by atoms with Crippen LogP contribution in [-0.4, -0.2) is 31.6 Å². The van der Waals surface area contributed by atoms with Crippen LogP contribution in [0.1, 0.15) is 35.4 Å². The number of nitrogens with one attached hydrogen (secondary N) is 3. The summed E-state index contributed by atoms with van der Waals surface area (Å²) < 4.78 is 46.7. The SMILES string of the molecule is COc1cc(F)c([C@@H]2CNC(=O)[C@H]2NC(=O)NC2(c3cc(C)cc(OF)c3)CC2)c(F)c1. The highest BCUT2D eigenvalue weighted by Gasteiger charge is 2.47. The number of hydrogen-bond acceptors (Lipinski definition) is 4. The number of ether oxygens (including phenoxy) is 1. The van der Waals surface area contributed by atoms with E-state index in [1.165, 1.54) is 19.2 Å². The summed E-state index contributed by atoms with van der Waals surface area (Å²) in [6.07, 6.45) is 1.22. The minimum absolute atomic E-state index is 0.00810. The third-order valence-electron chi connectivity index (χ3n) is 5.92. The van der Waals surface area contributed by atoms with Crippen LogP contribution in [0.25, 0.3) is 0 Å². The summed E-state index contributed by atoms with van der Waals surface area (Å²) in [6, 6.07) is 5.03. The van der Waals surface area contributed by atoms with Crippen LogP contribution in [0.2, 0.25) is 0 Å². The van der Waals surface area contributed by atoms with Crippen LogP contribution in [0.4, 0.5) is 18.1 Å². The van der Waals surface area contributed by atoms with Crippen molar-refractivity contribution < 1.29 is 32.6 Å². The third kappa shape index (κ3) is 4.04. The molecule has 2 aliphatic rings. The fraction of sp³-hybridized carbons (Fsp3) is 0.364. The minimum atomic E-state index is -1.18. The zero-order valence-corrected chi connectivity index (χ0v) is 17.4. The van der Waals surface area contributed by atoms with Crippen molar-refractivity contribution in [1.29, 1.82) is 0 Å². The Labute approximate surface area is 182 Å². The number of benzene rings is 2. The summed E-state index contributed by atoms with van der Waals surface area (Å²) in [5.41, 5.74) is 0.383. The number of aryl methyl sites for hydroxylation is 1. The molecule has 0 unspecified atom stereocenters. The summed E-state index contributed by atoms with van der Waals surface area (Å²) >= 11 is 0. The van der Waals surface area contributed by atoms with Gasteiger partial charge in [-0.1, -0.05) is 6.07 Å². The maximum absolute atomic E-state index is 14.6. The first-order chi connectivity index (χ1) is 15.3. The second-order valence-corrected chi connectivity index (χ2v) is 8.13. The molecule has 1 saturated carbocycles. The molecule has 2 atom stereocenters. The van der Waals surface area contributed by atoms with Crippen molar-refractivity contribution in [2.75, 3.05) is 13.7 Å². The van der Waals surface area contributed by atoms with Crippen LogP contribution in [0, 0.1) is 18.6 Å². The van der Waals surface area contributed by atoms with E-state index in [0.29, 0.717) is 18.4 Å². The lowest BCUT2D eigenvalue weighted by atomic mass is 9.92. The fourth-order valence-corrected chi connectivity index (χ4v) is 4.16. The van der Waals surface area contributed by atoms with Crippen LogP contribution in [0.5, 0.6) is 11.5 Å². The van der Waals surface area contributed by atoms with Gasteiger partial charge in [0, 0.05) is 34.7 Å². The molecule has 2 fully saturated rings. The molecule has 2 aromatic carbocycles. The largest absolute Gasteiger partial charge is 0.497 e. The number of methoxy groups -OCH3 is 1. The minimum Gasteiger partial charge on any atom is -0.497 e. The van der Waals surface area contributed by atoms with Gasteiger partial charge in [-0.3, -0.25) is 9.74 Å². The molecule has 0 spiro atoms. The highest BCUT2D eigenvalue weighted by molar-refractivity contribution is 5.90. The predicted octanol–water partition coefficient (Wildman–Crippen LogP) is 3.12. The van der Waals surface area contributed by atoms with Crippen molar-refractivity contribution in [2.24, 2.45) is 0 Å². The molecular formula is C22H22F3N3O4. The van der Waals surface area contributed by atoms with Crippen molar-refractivity contribution in [3.63, 3.8) is 0 Å². The lowest BCUT2D eigenvalue weighted by Crippen LogP contribution is -2.50. The van der Waals surface area contributed by atoms with Gasteiger partial charge in [0.15, 0.2) is 5.75 Å². The Bertz CT molecular complexity index is 1050. The van der Waals surface area contributed by atoms with Crippen molar-refractivity contribution in [3.8, 4) is 11.5 Å². The van der Waals surface area contributed by atoms with E-state index in [1.807, 2.05) is 6.07 Å². The van der Waals surface area contributed by atoms with E-state index >= 15 is 0 Å². The number of urea groups is 1. The number of rotatable bonds is 6. The Morgan fingerprint density at radius 3 is 2.41 bits per heavy atom. The molecule has 170 valence electrons. The number of carbonyl (C=O) groups excluding carboxylic acids is 2. The summed E-state index contributed by atoms with van der Waals surface area (Å²) in [7, 11) is 1.29. The molecular weight excluding hydrogens is 427 g/mol. The lowest BCUT2D eigenvalue weighted by molar-refractivity contribution is -0.120. The van der Waals surface area contributed by atoms with Gasteiger partial charge in [0.2, 0.25) is 5.91 Å². The topological polar surface area (TPSA) is 88.7 Å². The van der Waals surface area contributed by atoms with E-state index in [4.69, 9.17) is 4.74 Å². The number of amides is 3. The molecule has 0 bridgehead atoms. The molecule has 1 aliphatic heterocycles. The summed E-state index contributed by atoms with van der Waals surface area (Å²) in [6.45, 7) is 1.73. The first-order valence-corrected chi connectivity index (χ1v) is 10.1. The van der Waals surface area contributed by atoms with Gasteiger partial charge < -0.3 is 20.7 Å². The monoisotopic (exact) mass is 449 g/mol. The molecule has 32 heavy (non-hydrogen) atoms. The zero-order valence-electron chi connectivity index (χ0n) is 17.4. The molecule has 2 aromatic rings. The van der Waals surface area contributed by atoms with Gasteiger partial charge in [-0.05, 0) is 43.0 Å². The Balaban J connectivity index is 1.53. The zero-order chi connectivity index (χ0) is 23.0. The Morgan fingerprint density at radius 2 is 1.81 bits per heavy atom. The predicted molar refractivity (Wildman–Crippen MR) is 108 cm³/mol. The summed E-state index contributed by atoms with van der Waals surface area (Å²) in [5, 5.41) is 7.89. The lowest BCUT2D eigenvalue weighted by Gasteiger charge is -2.23. The highest BCUT2D eigenvalue weighted by atomic mass is 19.3. The average molecular weight is 449 g/mol. The molecule has 10 heteroatoms. The van der Waals surface area contributed by atoms with Crippen LogP contribution >= 0.6 is 0 Å². The van der Waals surface area contributed by atoms with Gasteiger partial charge in [0.05, 0.1) is 12.6 Å². The van der Waals surface area contributed by atoms with E-state index in [2.05, 4.69) is 20.9 Å². The van der Waals surface area contributed by atoms with Crippen LogP contribution < -0.4 is 25.6 Å². The normalized spacial score (nSPS) is 21.0. The number of carbonyl (C=O) groups is 2. The van der Waals surface area contributed by atoms with E-state index in [9.17, 15) is 22.9 Å². The van der Waals surface area contributed by atoms with Gasteiger partial charge >= 0.3 is 6.03 Å². The maximum Gasteiger partial charge on any atom is 0.316 e. The number of halogens is 3. The summed E-state index contributed by atoms with van der Waals surface area (Å²) in [4.78, 5) is 28.9. The van der Waals surface area contributed by atoms with E-state index in [0.717, 1.165) is 17.7 Å². The van der Waals surface area contributed by atoms with Crippen LogP contribution in [0.15, 0.2) is 30.3 Å². The Morgan fingerprint density at radius 1 is 1.12 bits per heavy atom. The molecule has 4 rings (SSSR count). The highest BCUT2D eigenvalue weighted by Crippen LogP contribution is 2.46. The molecule has 1 saturated heterocycles. The summed E-state index contributed by atoms with van der Waals surface area (Å²) in [5.74, 6) is -3.20. The molecule has 3 N–H and O–H groups in total. The van der Waals surface area contributed by atoms with Crippen molar-refractivity contribution in [3.05, 3.63) is 58.7 Å². The molecule has 1 heterocycles. The van der Waals surface area contributed by atoms with Crippen molar-refractivity contribution >= 4 is 11.9 Å². The third-order valence-corrected chi connectivity index (χ3v) is 5.92. The smallest absolute Gasteiger partial charge is 0.316 e. The molecule has 7 nitrogen and oxygen atoms in total. The average Bonchev–Trinajstić information content (AvgIpc) is 3.45. The first-order valence-electron chi connectivity index (χ1n) is 10.1. The standard InChI is InChI=1S/C22H22F3N3O4/c1-11-5-12(7-14(6-11)32-25)22(3-4-22)28-21(30)27-19-15(10-26-20(19)29)18-16(23)8-13(31-2)9-17(18)24/h5-9,15,19H,3-4,10H2,1-2H3,(H,26,29)(H2,27,28,30)/t15-,19-/m0/s1. The van der Waals surface area contributed by atoms with Crippen LogP contribution in [0.3, 0.4) is 0 Å². The fourth-order valence-electron chi connectivity index (χ4n) is 4.16. The van der Waals surface area contributed by atoms with Gasteiger partial charge in [0.1, 0.15) is 23.4 Å². The van der Waals surface area contributed by atoms with Gasteiger partial charge in [-0.25, -0.2) is 13.6 Å². The van der Waals surface area contributed by atoms with Gasteiger partial charge in [-0.15, -0.1) is 0 Å². The molecule has 0 radical (unpaired) electrons. The van der Waals surface area contributed by atoms with E-state index in [1.54, 1.807) is 6.92 Å². The Hall–Kier alpha value is -3.43. The number of hydrogen-bond donors (Lipinski definition) is 3.